The van der Waals surface area contributed by atoms with E-state index < -0.39 is 5.54 Å². The number of ether oxygens (including phenoxy) is 1. The zero-order chi connectivity index (χ0) is 24.6. The summed E-state index contributed by atoms with van der Waals surface area (Å²) in [5.74, 6) is 2.35. The van der Waals surface area contributed by atoms with Crippen molar-refractivity contribution >= 4 is 11.9 Å². The van der Waals surface area contributed by atoms with E-state index in [0.29, 0.717) is 12.5 Å². The molecule has 0 bridgehead atoms. The first-order valence-electron chi connectivity index (χ1n) is 12.7. The second-order valence-electron chi connectivity index (χ2n) is 10.1. The van der Waals surface area contributed by atoms with E-state index in [2.05, 4.69) is 63.1 Å². The fraction of sp³-hybridized carbons (Fsp3) is 0.500. The minimum atomic E-state index is -0.510. The number of hydrogen-bond donors (Lipinski definition) is 1. The van der Waals surface area contributed by atoms with Gasteiger partial charge in [-0.25, -0.2) is 0 Å². The van der Waals surface area contributed by atoms with Crippen LogP contribution in [0.5, 0.6) is 5.75 Å². The highest BCUT2D eigenvalue weighted by Gasteiger charge is 2.56. The van der Waals surface area contributed by atoms with E-state index in [1.807, 2.05) is 12.1 Å². The number of hydrogen-bond acceptors (Lipinski definition) is 4. The molecule has 3 fully saturated rings. The number of piperidine rings is 1. The van der Waals surface area contributed by atoms with Gasteiger partial charge in [-0.05, 0) is 73.9 Å². The molecule has 7 nitrogen and oxygen atoms in total. The van der Waals surface area contributed by atoms with Crippen LogP contribution in [0.2, 0.25) is 0 Å². The van der Waals surface area contributed by atoms with Crippen LogP contribution in [-0.4, -0.2) is 72.9 Å². The lowest BCUT2D eigenvalue weighted by molar-refractivity contribution is -0.135. The summed E-state index contributed by atoms with van der Waals surface area (Å²) in [5, 5.41) is 0. The summed E-state index contributed by atoms with van der Waals surface area (Å²) in [4.78, 5) is 24.8. The van der Waals surface area contributed by atoms with Crippen molar-refractivity contribution in [2.75, 3.05) is 40.8 Å². The minimum absolute atomic E-state index is 0.0715. The molecule has 35 heavy (non-hydrogen) atoms. The number of carbonyl (C=O) groups excluding carboxylic acids is 1. The molecule has 2 saturated heterocycles. The summed E-state index contributed by atoms with van der Waals surface area (Å²) >= 11 is 0. The van der Waals surface area contributed by atoms with Gasteiger partial charge >= 0.3 is 0 Å². The Morgan fingerprint density at radius 1 is 1.06 bits per heavy atom. The van der Waals surface area contributed by atoms with Crippen molar-refractivity contribution in [2.24, 2.45) is 10.7 Å². The number of nitrogens with two attached hydrogens (primary N) is 1. The summed E-state index contributed by atoms with van der Waals surface area (Å²) in [5.41, 5.74) is 9.38. The maximum absolute atomic E-state index is 14.1. The van der Waals surface area contributed by atoms with E-state index in [-0.39, 0.29) is 12.1 Å². The highest BCUT2D eigenvalue weighted by Crippen LogP contribution is 2.46. The maximum Gasteiger partial charge on any atom is 0.244 e. The zero-order valence-electron chi connectivity index (χ0n) is 21.1. The molecule has 5 rings (SSSR count). The van der Waals surface area contributed by atoms with Gasteiger partial charge in [0.25, 0.3) is 0 Å². The number of aliphatic imine (C=N–C) groups is 1. The maximum atomic E-state index is 14.1. The van der Waals surface area contributed by atoms with Crippen molar-refractivity contribution in [1.29, 1.82) is 0 Å². The van der Waals surface area contributed by atoms with Crippen molar-refractivity contribution in [3.63, 3.8) is 0 Å². The monoisotopic (exact) mass is 475 g/mol. The summed E-state index contributed by atoms with van der Waals surface area (Å²) in [6.45, 7) is 2.15. The van der Waals surface area contributed by atoms with Crippen LogP contribution < -0.4 is 10.5 Å². The van der Waals surface area contributed by atoms with Crippen molar-refractivity contribution in [3.05, 3.63) is 65.2 Å². The topological polar surface area (TPSA) is 74.4 Å². The molecule has 1 unspecified atom stereocenters. The third kappa shape index (κ3) is 4.38. The third-order valence-corrected chi connectivity index (χ3v) is 8.22. The van der Waals surface area contributed by atoms with Crippen molar-refractivity contribution in [1.82, 2.24) is 14.7 Å². The summed E-state index contributed by atoms with van der Waals surface area (Å²) in [7, 11) is 5.52. The number of rotatable bonds is 6. The normalized spacial score (nSPS) is 22.8. The first-order chi connectivity index (χ1) is 17.0. The van der Waals surface area contributed by atoms with Crippen molar-refractivity contribution in [2.45, 2.75) is 49.7 Å². The Labute approximate surface area is 208 Å². The molecule has 186 valence electrons. The smallest absolute Gasteiger partial charge is 0.244 e. The number of amides is 1. The first-order valence-corrected chi connectivity index (χ1v) is 12.7. The highest BCUT2D eigenvalue weighted by atomic mass is 16.5. The lowest BCUT2D eigenvalue weighted by Crippen LogP contribution is -2.57. The SMILES string of the molecule is C/N=C(\N)N1CCC2(CC1)C(=O)N(CCc1ccc(OC)cc1)C(c1ccc(C3CC3)cc1)N2C. The Bertz CT molecular complexity index is 1070. The molecule has 1 amide bonds. The Morgan fingerprint density at radius 3 is 2.26 bits per heavy atom. The number of benzene rings is 2. The van der Waals surface area contributed by atoms with E-state index >= 15 is 0 Å². The molecule has 2 heterocycles. The van der Waals surface area contributed by atoms with E-state index in [4.69, 9.17) is 10.5 Å². The second-order valence-corrected chi connectivity index (χ2v) is 10.1. The molecule has 7 heteroatoms. The predicted octanol–water partition coefficient (Wildman–Crippen LogP) is 3.37. The van der Waals surface area contributed by atoms with E-state index in [1.54, 1.807) is 14.2 Å². The molecule has 1 aliphatic carbocycles. The standard InChI is InChI=1S/C28H37N5O2/c1-30-27(29)32-18-15-28(16-19-32)26(34)33(17-14-20-4-12-24(35-3)13-5-20)25(31(28)2)23-10-8-22(9-11-23)21-6-7-21/h4-5,8-13,21,25H,6-7,14-19H2,1-3H3,(H2,29,30). The van der Waals surface area contributed by atoms with Crippen LogP contribution >= 0.6 is 0 Å². The van der Waals surface area contributed by atoms with Crippen LogP contribution in [0.3, 0.4) is 0 Å². The van der Waals surface area contributed by atoms with Gasteiger partial charge < -0.3 is 20.3 Å². The number of nitrogens with zero attached hydrogens (tertiary/aromatic N) is 4. The van der Waals surface area contributed by atoms with Crippen LogP contribution in [-0.2, 0) is 11.2 Å². The lowest BCUT2D eigenvalue weighted by atomic mass is 9.86. The number of carbonyl (C=O) groups is 1. The average Bonchev–Trinajstić information content (AvgIpc) is 3.73. The molecule has 2 aromatic carbocycles. The van der Waals surface area contributed by atoms with E-state index in [9.17, 15) is 4.79 Å². The summed E-state index contributed by atoms with van der Waals surface area (Å²) < 4.78 is 5.30. The van der Waals surface area contributed by atoms with Gasteiger partial charge in [-0.15, -0.1) is 0 Å². The van der Waals surface area contributed by atoms with Crippen LogP contribution in [0.25, 0.3) is 0 Å². The van der Waals surface area contributed by atoms with Gasteiger partial charge in [0.05, 0.1) is 7.11 Å². The van der Waals surface area contributed by atoms with Gasteiger partial charge in [0, 0.05) is 26.7 Å². The molecule has 0 aromatic heterocycles. The molecule has 2 aliphatic heterocycles. The van der Waals surface area contributed by atoms with Gasteiger partial charge in [-0.3, -0.25) is 14.7 Å². The molecule has 3 aliphatic rings. The van der Waals surface area contributed by atoms with Crippen LogP contribution in [0.1, 0.15) is 54.5 Å². The fourth-order valence-corrected chi connectivity index (χ4v) is 5.81. The van der Waals surface area contributed by atoms with Gasteiger partial charge in [0.1, 0.15) is 17.5 Å². The van der Waals surface area contributed by atoms with Crippen molar-refractivity contribution < 1.29 is 9.53 Å². The van der Waals surface area contributed by atoms with E-state index in [0.717, 1.165) is 44.0 Å². The summed E-state index contributed by atoms with van der Waals surface area (Å²) in [6.07, 6.45) is 4.80. The fourth-order valence-electron chi connectivity index (χ4n) is 5.81. The van der Waals surface area contributed by atoms with Gasteiger partial charge in [0.2, 0.25) is 5.91 Å². The Kier molecular flexibility index (Phi) is 6.45. The first kappa shape index (κ1) is 23.7. The quantitative estimate of drug-likeness (QED) is 0.512. The number of likely N-dealkylation sites (N-methyl/N-ethyl adjacent to an activating group) is 1. The van der Waals surface area contributed by atoms with E-state index in [1.165, 1.54) is 29.5 Å². The zero-order valence-corrected chi connectivity index (χ0v) is 21.1. The average molecular weight is 476 g/mol. The molecular weight excluding hydrogens is 438 g/mol. The molecule has 2 aromatic rings. The Balaban J connectivity index is 1.41. The molecule has 1 spiro atoms. The number of guanidine groups is 1. The second kappa shape index (κ2) is 9.53. The van der Waals surface area contributed by atoms with Gasteiger partial charge in [0.15, 0.2) is 5.96 Å². The summed E-state index contributed by atoms with van der Waals surface area (Å²) in [6, 6.07) is 17.1. The van der Waals surface area contributed by atoms with Crippen LogP contribution in [0, 0.1) is 0 Å². The van der Waals surface area contributed by atoms with Gasteiger partial charge in [-0.2, -0.15) is 0 Å². The largest absolute Gasteiger partial charge is 0.497 e. The Hall–Kier alpha value is -3.06. The van der Waals surface area contributed by atoms with Crippen LogP contribution in [0.15, 0.2) is 53.5 Å². The number of methoxy groups -OCH3 is 1. The van der Waals surface area contributed by atoms with Gasteiger partial charge in [-0.1, -0.05) is 36.4 Å². The molecule has 0 radical (unpaired) electrons. The third-order valence-electron chi connectivity index (χ3n) is 8.22. The molecule has 2 N–H and O–H groups in total. The Morgan fingerprint density at radius 2 is 1.69 bits per heavy atom. The van der Waals surface area contributed by atoms with Crippen LogP contribution in [0.4, 0.5) is 0 Å². The lowest BCUT2D eigenvalue weighted by Gasteiger charge is -2.42. The predicted molar refractivity (Wildman–Crippen MR) is 138 cm³/mol. The molecule has 1 saturated carbocycles. The highest BCUT2D eigenvalue weighted by molar-refractivity contribution is 5.90. The number of likely N-dealkylation sites (tertiary alicyclic amines) is 1. The van der Waals surface area contributed by atoms with Crippen molar-refractivity contribution in [3.8, 4) is 5.75 Å². The minimum Gasteiger partial charge on any atom is -0.497 e. The molecule has 1 atom stereocenters. The molecular formula is C28H37N5O2.